The molecule has 1 aliphatic heterocycles. The van der Waals surface area contributed by atoms with Gasteiger partial charge in [-0.2, -0.15) is 0 Å². The summed E-state index contributed by atoms with van der Waals surface area (Å²) in [5, 5.41) is 4.26. The number of rotatable bonds is 6. The van der Waals surface area contributed by atoms with E-state index < -0.39 is 0 Å². The monoisotopic (exact) mass is 230 g/mol. The minimum absolute atomic E-state index is 0.761. The van der Waals surface area contributed by atoms with E-state index in [0.29, 0.717) is 0 Å². The summed E-state index contributed by atoms with van der Waals surface area (Å²) in [4.78, 5) is 2.41. The van der Waals surface area contributed by atoms with Crippen LogP contribution in [0.3, 0.4) is 0 Å². The van der Waals surface area contributed by atoms with Crippen molar-refractivity contribution in [2.24, 2.45) is 5.92 Å². The van der Waals surface area contributed by atoms with Crippen LogP contribution in [0.15, 0.2) is 11.6 Å². The van der Waals surface area contributed by atoms with Gasteiger partial charge >= 0.3 is 0 Å². The standard InChI is InChI=1S/C12H23ClN2/c1-3-6-14-8-12-5-4-7-15(10-12)9-11(2)13/h12,14H,2-10H2,1H3. The molecule has 0 aromatic heterocycles. The molecule has 2 nitrogen and oxygen atoms in total. The topological polar surface area (TPSA) is 15.3 Å². The summed E-state index contributed by atoms with van der Waals surface area (Å²) in [6.45, 7) is 11.5. The van der Waals surface area contributed by atoms with Crippen molar-refractivity contribution in [2.45, 2.75) is 26.2 Å². The lowest BCUT2D eigenvalue weighted by atomic mass is 9.98. The first kappa shape index (κ1) is 13.0. The highest BCUT2D eigenvalue weighted by Gasteiger charge is 2.19. The number of hydrogen-bond donors (Lipinski definition) is 1. The summed E-state index contributed by atoms with van der Waals surface area (Å²) in [5.74, 6) is 0.793. The Morgan fingerprint density at radius 3 is 3.07 bits per heavy atom. The predicted molar refractivity (Wildman–Crippen MR) is 67.3 cm³/mol. The smallest absolute Gasteiger partial charge is 0.0335 e. The number of halogens is 1. The zero-order chi connectivity index (χ0) is 11.1. The van der Waals surface area contributed by atoms with Crippen molar-refractivity contribution in [1.29, 1.82) is 0 Å². The molecule has 3 heteroatoms. The van der Waals surface area contributed by atoms with Crippen molar-refractivity contribution in [1.82, 2.24) is 10.2 Å². The Kier molecular flexibility index (Phi) is 6.30. The van der Waals surface area contributed by atoms with Crippen LogP contribution in [0.5, 0.6) is 0 Å². The molecule has 1 saturated heterocycles. The molecule has 0 aliphatic carbocycles. The third kappa shape index (κ3) is 5.55. The maximum Gasteiger partial charge on any atom is 0.0335 e. The van der Waals surface area contributed by atoms with Gasteiger partial charge < -0.3 is 5.32 Å². The van der Waals surface area contributed by atoms with Crippen LogP contribution in [0.25, 0.3) is 0 Å². The average molecular weight is 231 g/mol. The summed E-state index contributed by atoms with van der Waals surface area (Å²) < 4.78 is 0. The van der Waals surface area contributed by atoms with Gasteiger partial charge in [0, 0.05) is 18.1 Å². The van der Waals surface area contributed by atoms with Crippen molar-refractivity contribution >= 4 is 11.6 Å². The van der Waals surface area contributed by atoms with Crippen LogP contribution in [-0.2, 0) is 0 Å². The van der Waals surface area contributed by atoms with Gasteiger partial charge in [-0.15, -0.1) is 0 Å². The van der Waals surface area contributed by atoms with Crippen LogP contribution in [0.4, 0.5) is 0 Å². The van der Waals surface area contributed by atoms with Crippen molar-refractivity contribution in [2.75, 3.05) is 32.7 Å². The molecule has 88 valence electrons. The largest absolute Gasteiger partial charge is 0.316 e. The van der Waals surface area contributed by atoms with Gasteiger partial charge in [0.1, 0.15) is 0 Å². The fourth-order valence-corrected chi connectivity index (χ4v) is 2.36. The SMILES string of the molecule is C=C(Cl)CN1CCCC(CNCCC)C1. The van der Waals surface area contributed by atoms with Gasteiger partial charge in [-0.1, -0.05) is 25.1 Å². The Balaban J connectivity index is 2.19. The number of nitrogens with one attached hydrogen (secondary N) is 1. The maximum atomic E-state index is 5.83. The molecule has 1 aliphatic rings. The van der Waals surface area contributed by atoms with Gasteiger partial charge in [0.2, 0.25) is 0 Å². The molecule has 0 aromatic carbocycles. The lowest BCUT2D eigenvalue weighted by Crippen LogP contribution is -2.40. The number of nitrogens with zero attached hydrogens (tertiary/aromatic N) is 1. The lowest BCUT2D eigenvalue weighted by molar-refractivity contribution is 0.187. The molecular formula is C12H23ClN2. The molecule has 1 N–H and O–H groups in total. The van der Waals surface area contributed by atoms with Gasteiger partial charge in [-0.05, 0) is 44.8 Å². The van der Waals surface area contributed by atoms with Crippen LogP contribution in [0.2, 0.25) is 0 Å². The Labute approximate surface area is 98.7 Å². The van der Waals surface area contributed by atoms with E-state index in [4.69, 9.17) is 11.6 Å². The van der Waals surface area contributed by atoms with Gasteiger partial charge in [0.25, 0.3) is 0 Å². The Hall–Kier alpha value is -0.0500. The van der Waals surface area contributed by atoms with Crippen molar-refractivity contribution in [3.05, 3.63) is 11.6 Å². The van der Waals surface area contributed by atoms with E-state index in [0.717, 1.165) is 30.6 Å². The van der Waals surface area contributed by atoms with Gasteiger partial charge in [0.15, 0.2) is 0 Å². The second-order valence-corrected chi connectivity index (χ2v) is 5.00. The number of hydrogen-bond acceptors (Lipinski definition) is 2. The predicted octanol–water partition coefficient (Wildman–Crippen LogP) is 2.45. The van der Waals surface area contributed by atoms with Crippen LogP contribution in [0.1, 0.15) is 26.2 Å². The summed E-state index contributed by atoms with van der Waals surface area (Å²) in [7, 11) is 0. The first-order valence-corrected chi connectivity index (χ1v) is 6.36. The first-order valence-electron chi connectivity index (χ1n) is 5.98. The highest BCUT2D eigenvalue weighted by atomic mass is 35.5. The van der Waals surface area contributed by atoms with Crippen LogP contribution >= 0.6 is 11.6 Å². The molecule has 0 saturated carbocycles. The number of likely N-dealkylation sites (tertiary alicyclic amines) is 1. The van der Waals surface area contributed by atoms with Gasteiger partial charge in [0.05, 0.1) is 0 Å². The summed E-state index contributed by atoms with van der Waals surface area (Å²) in [5.41, 5.74) is 0. The van der Waals surface area contributed by atoms with Crippen LogP contribution in [-0.4, -0.2) is 37.6 Å². The van der Waals surface area contributed by atoms with Crippen molar-refractivity contribution < 1.29 is 0 Å². The zero-order valence-electron chi connectivity index (χ0n) is 9.77. The molecule has 0 bridgehead atoms. The van der Waals surface area contributed by atoms with E-state index in [1.165, 1.54) is 32.4 Å². The number of piperidine rings is 1. The van der Waals surface area contributed by atoms with Crippen LogP contribution in [0, 0.1) is 5.92 Å². The normalized spacial score (nSPS) is 22.9. The minimum Gasteiger partial charge on any atom is -0.316 e. The molecule has 0 aromatic rings. The van der Waals surface area contributed by atoms with E-state index in [1.54, 1.807) is 0 Å². The second-order valence-electron chi connectivity index (χ2n) is 4.46. The van der Waals surface area contributed by atoms with E-state index in [9.17, 15) is 0 Å². The van der Waals surface area contributed by atoms with Gasteiger partial charge in [-0.3, -0.25) is 4.90 Å². The minimum atomic E-state index is 0.761. The van der Waals surface area contributed by atoms with E-state index in [1.807, 2.05) is 0 Å². The van der Waals surface area contributed by atoms with Crippen molar-refractivity contribution in [3.63, 3.8) is 0 Å². The maximum absolute atomic E-state index is 5.83. The molecule has 0 spiro atoms. The summed E-state index contributed by atoms with van der Waals surface area (Å²) in [6.07, 6.45) is 3.86. The van der Waals surface area contributed by atoms with E-state index in [-0.39, 0.29) is 0 Å². The van der Waals surface area contributed by atoms with Gasteiger partial charge in [-0.25, -0.2) is 0 Å². The third-order valence-electron chi connectivity index (χ3n) is 2.86. The molecule has 1 atom stereocenters. The summed E-state index contributed by atoms with van der Waals surface area (Å²) >= 11 is 5.83. The second kappa shape index (κ2) is 7.26. The average Bonchev–Trinajstić information content (AvgIpc) is 2.18. The third-order valence-corrected chi connectivity index (χ3v) is 2.98. The molecule has 1 unspecified atom stereocenters. The molecule has 0 amide bonds. The zero-order valence-corrected chi connectivity index (χ0v) is 10.5. The lowest BCUT2D eigenvalue weighted by Gasteiger charge is -2.32. The van der Waals surface area contributed by atoms with Crippen LogP contribution < -0.4 is 5.32 Å². The Morgan fingerprint density at radius 1 is 1.60 bits per heavy atom. The first-order chi connectivity index (χ1) is 7.22. The Morgan fingerprint density at radius 2 is 2.40 bits per heavy atom. The quantitative estimate of drug-likeness (QED) is 0.706. The van der Waals surface area contributed by atoms with Crippen molar-refractivity contribution in [3.8, 4) is 0 Å². The Bertz CT molecular complexity index is 194. The molecular weight excluding hydrogens is 208 g/mol. The molecule has 1 heterocycles. The summed E-state index contributed by atoms with van der Waals surface area (Å²) in [6, 6.07) is 0. The highest BCUT2D eigenvalue weighted by Crippen LogP contribution is 2.17. The van der Waals surface area contributed by atoms with E-state index >= 15 is 0 Å². The molecule has 1 rings (SSSR count). The fourth-order valence-electron chi connectivity index (χ4n) is 2.19. The molecule has 15 heavy (non-hydrogen) atoms. The van der Waals surface area contributed by atoms with E-state index in [2.05, 4.69) is 23.7 Å². The molecule has 1 fully saturated rings. The fraction of sp³-hybridized carbons (Fsp3) is 0.833. The molecule has 0 radical (unpaired) electrons. The highest BCUT2D eigenvalue weighted by molar-refractivity contribution is 6.29.